The summed E-state index contributed by atoms with van der Waals surface area (Å²) in [4.78, 5) is 11.4. The van der Waals surface area contributed by atoms with Crippen LogP contribution < -0.4 is 10.6 Å². The third-order valence-electron chi connectivity index (χ3n) is 2.60. The molecule has 2 atom stereocenters. The van der Waals surface area contributed by atoms with Crippen molar-refractivity contribution in [3.05, 3.63) is 0 Å². The third kappa shape index (κ3) is 3.88. The normalized spacial score (nSPS) is 24.3. The van der Waals surface area contributed by atoms with Crippen molar-refractivity contribution < 1.29 is 4.79 Å². The highest BCUT2D eigenvalue weighted by atomic mass is 32.2. The van der Waals surface area contributed by atoms with Crippen LogP contribution in [0.25, 0.3) is 0 Å². The van der Waals surface area contributed by atoms with Gasteiger partial charge in [0.25, 0.3) is 0 Å². The molecule has 1 fully saturated rings. The van der Waals surface area contributed by atoms with Gasteiger partial charge in [-0.15, -0.1) is 0 Å². The summed E-state index contributed by atoms with van der Waals surface area (Å²) in [7, 11) is 1.81. The standard InChI is InChI=1S/C10H20N2OS/c1-8(11-2)10(13)12-7-9-5-3-4-6-14-9/h8-9,11H,3-7H2,1-2H3,(H,12,13). The van der Waals surface area contributed by atoms with Crippen molar-refractivity contribution in [1.82, 2.24) is 10.6 Å². The Morgan fingerprint density at radius 2 is 2.36 bits per heavy atom. The van der Waals surface area contributed by atoms with Crippen LogP contribution >= 0.6 is 11.8 Å². The lowest BCUT2D eigenvalue weighted by Gasteiger charge is -2.22. The summed E-state index contributed by atoms with van der Waals surface area (Å²) in [5, 5.41) is 6.55. The molecule has 82 valence electrons. The number of rotatable bonds is 4. The zero-order valence-electron chi connectivity index (χ0n) is 9.01. The maximum Gasteiger partial charge on any atom is 0.236 e. The average Bonchev–Trinajstić information content (AvgIpc) is 2.26. The minimum Gasteiger partial charge on any atom is -0.354 e. The van der Waals surface area contributed by atoms with E-state index < -0.39 is 0 Å². The molecule has 0 saturated carbocycles. The molecule has 0 aromatic heterocycles. The van der Waals surface area contributed by atoms with E-state index in [9.17, 15) is 4.79 Å². The van der Waals surface area contributed by atoms with Gasteiger partial charge in [0.05, 0.1) is 6.04 Å². The van der Waals surface area contributed by atoms with Gasteiger partial charge in [-0.2, -0.15) is 11.8 Å². The summed E-state index contributed by atoms with van der Waals surface area (Å²) in [5.74, 6) is 1.36. The van der Waals surface area contributed by atoms with Crippen LogP contribution in [0.4, 0.5) is 0 Å². The van der Waals surface area contributed by atoms with Crippen LogP contribution in [-0.2, 0) is 4.79 Å². The number of hydrogen-bond acceptors (Lipinski definition) is 3. The predicted molar refractivity (Wildman–Crippen MR) is 61.6 cm³/mol. The number of likely N-dealkylation sites (N-methyl/N-ethyl adjacent to an activating group) is 1. The van der Waals surface area contributed by atoms with Crippen molar-refractivity contribution in [2.75, 3.05) is 19.3 Å². The van der Waals surface area contributed by atoms with Crippen molar-refractivity contribution in [3.8, 4) is 0 Å². The smallest absolute Gasteiger partial charge is 0.236 e. The first-order valence-corrected chi connectivity index (χ1v) is 6.35. The maximum absolute atomic E-state index is 11.4. The lowest BCUT2D eigenvalue weighted by molar-refractivity contribution is -0.122. The van der Waals surface area contributed by atoms with Crippen LogP contribution in [-0.4, -0.2) is 36.5 Å². The second-order valence-corrected chi connectivity index (χ2v) is 5.15. The highest BCUT2D eigenvalue weighted by Gasteiger charge is 2.16. The molecular weight excluding hydrogens is 196 g/mol. The maximum atomic E-state index is 11.4. The first-order chi connectivity index (χ1) is 6.74. The number of hydrogen-bond donors (Lipinski definition) is 2. The Morgan fingerprint density at radius 1 is 1.57 bits per heavy atom. The third-order valence-corrected chi connectivity index (χ3v) is 4.00. The lowest BCUT2D eigenvalue weighted by Crippen LogP contribution is -2.43. The second-order valence-electron chi connectivity index (χ2n) is 3.74. The molecular formula is C10H20N2OS. The van der Waals surface area contributed by atoms with Crippen LogP contribution in [0.15, 0.2) is 0 Å². The molecule has 1 amide bonds. The van der Waals surface area contributed by atoms with Gasteiger partial charge in [0.2, 0.25) is 5.91 Å². The van der Waals surface area contributed by atoms with Crippen LogP contribution in [0.5, 0.6) is 0 Å². The van der Waals surface area contributed by atoms with Crippen molar-refractivity contribution >= 4 is 17.7 Å². The van der Waals surface area contributed by atoms with E-state index in [0.717, 1.165) is 6.54 Å². The van der Waals surface area contributed by atoms with E-state index in [-0.39, 0.29) is 11.9 Å². The first-order valence-electron chi connectivity index (χ1n) is 5.30. The summed E-state index contributed by atoms with van der Waals surface area (Å²) >= 11 is 1.99. The topological polar surface area (TPSA) is 41.1 Å². The van der Waals surface area contributed by atoms with Gasteiger partial charge in [-0.05, 0) is 32.6 Å². The van der Waals surface area contributed by atoms with E-state index in [1.54, 1.807) is 7.05 Å². The van der Waals surface area contributed by atoms with E-state index >= 15 is 0 Å². The van der Waals surface area contributed by atoms with Gasteiger partial charge >= 0.3 is 0 Å². The van der Waals surface area contributed by atoms with Crippen molar-refractivity contribution in [1.29, 1.82) is 0 Å². The van der Waals surface area contributed by atoms with E-state index in [1.165, 1.54) is 25.0 Å². The minimum absolute atomic E-state index is 0.0800. The predicted octanol–water partition coefficient (Wildman–Crippen LogP) is 0.996. The Hall–Kier alpha value is -0.220. The summed E-state index contributed by atoms with van der Waals surface area (Å²) in [6, 6.07) is -0.0800. The highest BCUT2D eigenvalue weighted by molar-refractivity contribution is 7.99. The van der Waals surface area contributed by atoms with Crippen molar-refractivity contribution in [2.45, 2.75) is 37.5 Å². The molecule has 2 unspecified atom stereocenters. The van der Waals surface area contributed by atoms with Crippen molar-refractivity contribution in [2.24, 2.45) is 0 Å². The van der Waals surface area contributed by atoms with E-state index in [4.69, 9.17) is 0 Å². The molecule has 3 nitrogen and oxygen atoms in total. The molecule has 1 aliphatic heterocycles. The molecule has 1 aliphatic rings. The lowest BCUT2D eigenvalue weighted by atomic mass is 10.2. The quantitative estimate of drug-likeness (QED) is 0.736. The van der Waals surface area contributed by atoms with Crippen LogP contribution in [0.3, 0.4) is 0 Å². The fourth-order valence-electron chi connectivity index (χ4n) is 1.47. The molecule has 0 spiro atoms. The Morgan fingerprint density at radius 3 is 2.93 bits per heavy atom. The van der Waals surface area contributed by atoms with E-state index in [0.29, 0.717) is 5.25 Å². The number of carbonyl (C=O) groups is 1. The molecule has 0 bridgehead atoms. The molecule has 0 aromatic rings. The molecule has 1 heterocycles. The average molecular weight is 216 g/mol. The number of carbonyl (C=O) groups excluding carboxylic acids is 1. The fourth-order valence-corrected chi connectivity index (χ4v) is 2.71. The largest absolute Gasteiger partial charge is 0.354 e. The summed E-state index contributed by atoms with van der Waals surface area (Å²) < 4.78 is 0. The first kappa shape index (κ1) is 11.9. The molecule has 1 saturated heterocycles. The number of amides is 1. The van der Waals surface area contributed by atoms with E-state index in [1.807, 2.05) is 18.7 Å². The monoisotopic (exact) mass is 216 g/mol. The summed E-state index contributed by atoms with van der Waals surface area (Å²) in [6.45, 7) is 2.71. The second kappa shape index (κ2) is 6.30. The van der Waals surface area contributed by atoms with Crippen molar-refractivity contribution in [3.63, 3.8) is 0 Å². The molecule has 0 aromatic carbocycles. The van der Waals surface area contributed by atoms with Crippen LogP contribution in [0.1, 0.15) is 26.2 Å². The zero-order valence-corrected chi connectivity index (χ0v) is 9.82. The SMILES string of the molecule is CNC(C)C(=O)NCC1CCCCS1. The van der Waals surface area contributed by atoms with Gasteiger partial charge in [-0.1, -0.05) is 6.42 Å². The van der Waals surface area contributed by atoms with Crippen LogP contribution in [0.2, 0.25) is 0 Å². The van der Waals surface area contributed by atoms with Crippen LogP contribution in [0, 0.1) is 0 Å². The van der Waals surface area contributed by atoms with Gasteiger partial charge < -0.3 is 10.6 Å². The Kier molecular flexibility index (Phi) is 5.33. The summed E-state index contributed by atoms with van der Waals surface area (Å²) in [5.41, 5.74) is 0. The number of nitrogens with one attached hydrogen (secondary N) is 2. The van der Waals surface area contributed by atoms with Gasteiger partial charge in [0.15, 0.2) is 0 Å². The fraction of sp³-hybridized carbons (Fsp3) is 0.900. The molecule has 4 heteroatoms. The number of thioether (sulfide) groups is 1. The zero-order chi connectivity index (χ0) is 10.4. The Bertz CT molecular complexity index is 181. The molecule has 0 aliphatic carbocycles. The van der Waals surface area contributed by atoms with Gasteiger partial charge in [0.1, 0.15) is 0 Å². The highest BCUT2D eigenvalue weighted by Crippen LogP contribution is 2.24. The molecule has 14 heavy (non-hydrogen) atoms. The van der Waals surface area contributed by atoms with Gasteiger partial charge in [-0.3, -0.25) is 4.79 Å². The van der Waals surface area contributed by atoms with Gasteiger partial charge in [0, 0.05) is 11.8 Å². The minimum atomic E-state index is -0.0800. The Balaban J connectivity index is 2.15. The van der Waals surface area contributed by atoms with E-state index in [2.05, 4.69) is 10.6 Å². The molecule has 1 rings (SSSR count). The molecule has 0 radical (unpaired) electrons. The Labute approximate surface area is 90.4 Å². The van der Waals surface area contributed by atoms with Gasteiger partial charge in [-0.25, -0.2) is 0 Å². The summed E-state index contributed by atoms with van der Waals surface area (Å²) in [6.07, 6.45) is 3.90. The molecule has 2 N–H and O–H groups in total.